The van der Waals surface area contributed by atoms with Crippen LogP contribution in [0.1, 0.15) is 47.9 Å². The molecule has 0 N–H and O–H groups in total. The normalized spacial score (nSPS) is 16.0. The smallest absolute Gasteiger partial charge is 0.166 e. The van der Waals surface area contributed by atoms with Gasteiger partial charge in [0.05, 0.1) is 22.3 Å². The van der Waals surface area contributed by atoms with E-state index in [0.29, 0.717) is 11.8 Å². The van der Waals surface area contributed by atoms with E-state index in [0.717, 1.165) is 37.8 Å². The van der Waals surface area contributed by atoms with E-state index in [4.69, 9.17) is 23.2 Å². The number of hydrogen-bond donors (Lipinski definition) is 0. The first-order valence-corrected chi connectivity index (χ1v) is 11.5. The lowest BCUT2D eigenvalue weighted by atomic mass is 10.1. The van der Waals surface area contributed by atoms with Crippen LogP contribution in [0.25, 0.3) is 0 Å². The van der Waals surface area contributed by atoms with Gasteiger partial charge in [0, 0.05) is 31.7 Å². The molecule has 2 aromatic rings. The van der Waals surface area contributed by atoms with Gasteiger partial charge in [-0.1, -0.05) is 58.6 Å². The third-order valence-corrected chi connectivity index (χ3v) is 6.44. The van der Waals surface area contributed by atoms with E-state index in [9.17, 15) is 26.3 Å². The molecule has 2 saturated carbocycles. The van der Waals surface area contributed by atoms with Crippen LogP contribution in [-0.4, -0.2) is 0 Å². The first-order chi connectivity index (χ1) is 15.4. The van der Waals surface area contributed by atoms with E-state index in [1.165, 1.54) is 12.1 Å². The first-order valence-electron chi connectivity index (χ1n) is 9.94. The van der Waals surface area contributed by atoms with Crippen LogP contribution < -0.4 is 0 Å². The Morgan fingerprint density at radius 3 is 1.33 bits per heavy atom. The largest absolute Gasteiger partial charge is 0.417 e. The maximum atomic E-state index is 13.7. The molecule has 0 bridgehead atoms. The minimum atomic E-state index is -4.74. The van der Waals surface area contributed by atoms with Gasteiger partial charge < -0.3 is 0 Å². The van der Waals surface area contributed by atoms with Crippen molar-refractivity contribution >= 4 is 35.0 Å². The van der Waals surface area contributed by atoms with E-state index in [2.05, 4.69) is 23.7 Å². The number of rotatable bonds is 2. The fourth-order valence-corrected chi connectivity index (χ4v) is 4.65. The lowest BCUT2D eigenvalue weighted by molar-refractivity contribution is -0.138. The van der Waals surface area contributed by atoms with Crippen molar-refractivity contribution in [2.45, 2.75) is 47.8 Å². The summed E-state index contributed by atoms with van der Waals surface area (Å²) in [5, 5.41) is -0.407. The zero-order chi connectivity index (χ0) is 24.0. The SMILES string of the molecule is FC(F)(F)c1cc(Cl)cc(Sc2cc(Cl)cc(C(F)(F)F)c2C#CC2CC2)c1C#CC1CC1. The summed E-state index contributed by atoms with van der Waals surface area (Å²) in [5.74, 6) is 10.8. The van der Waals surface area contributed by atoms with Crippen molar-refractivity contribution in [1.29, 1.82) is 0 Å². The molecule has 4 rings (SSSR count). The third-order valence-electron chi connectivity index (χ3n) is 4.92. The lowest BCUT2D eigenvalue weighted by Gasteiger charge is -2.17. The molecule has 0 atom stereocenters. The molecule has 2 aliphatic carbocycles. The molecule has 2 aromatic carbocycles. The molecular formula is C24H14Cl2F6S. The van der Waals surface area contributed by atoms with E-state index in [1.54, 1.807) is 0 Å². The van der Waals surface area contributed by atoms with Crippen LogP contribution in [-0.2, 0) is 12.4 Å². The number of halogens is 8. The van der Waals surface area contributed by atoms with E-state index in [-0.39, 0.29) is 42.8 Å². The number of benzene rings is 2. The van der Waals surface area contributed by atoms with Gasteiger partial charge in [-0.25, -0.2) is 0 Å². The lowest BCUT2D eigenvalue weighted by Crippen LogP contribution is -2.10. The van der Waals surface area contributed by atoms with Gasteiger partial charge in [-0.3, -0.25) is 0 Å². The second kappa shape index (κ2) is 9.02. The molecular weight excluding hydrogens is 505 g/mol. The van der Waals surface area contributed by atoms with Crippen LogP contribution in [0.4, 0.5) is 26.3 Å². The van der Waals surface area contributed by atoms with Gasteiger partial charge in [-0.05, 0) is 49.9 Å². The summed E-state index contributed by atoms with van der Waals surface area (Å²) in [6.07, 6.45) is -6.28. The highest BCUT2D eigenvalue weighted by molar-refractivity contribution is 7.99. The molecule has 172 valence electrons. The Morgan fingerprint density at radius 2 is 1.03 bits per heavy atom. The summed E-state index contributed by atoms with van der Waals surface area (Å²) >= 11 is 12.6. The minimum absolute atomic E-state index is 0.00663. The Morgan fingerprint density at radius 1 is 0.667 bits per heavy atom. The molecule has 0 aromatic heterocycles. The fraction of sp³-hybridized carbons (Fsp3) is 0.333. The van der Waals surface area contributed by atoms with Crippen LogP contribution >= 0.6 is 35.0 Å². The Bertz CT molecular complexity index is 1120. The second-order valence-corrected chi connectivity index (χ2v) is 9.79. The third kappa shape index (κ3) is 6.15. The molecule has 0 saturated heterocycles. The summed E-state index contributed by atoms with van der Waals surface area (Å²) in [5.41, 5.74) is -2.71. The molecule has 0 nitrogen and oxygen atoms in total. The summed E-state index contributed by atoms with van der Waals surface area (Å²) in [4.78, 5) is -0.0133. The fourth-order valence-electron chi connectivity index (χ4n) is 2.95. The van der Waals surface area contributed by atoms with Crippen molar-refractivity contribution < 1.29 is 26.3 Å². The van der Waals surface area contributed by atoms with Crippen molar-refractivity contribution in [2.75, 3.05) is 0 Å². The molecule has 2 fully saturated rings. The van der Waals surface area contributed by atoms with Gasteiger partial charge in [-0.2, -0.15) is 26.3 Å². The second-order valence-electron chi connectivity index (χ2n) is 7.84. The highest BCUT2D eigenvalue weighted by Gasteiger charge is 2.37. The highest BCUT2D eigenvalue weighted by Crippen LogP contribution is 2.45. The molecule has 0 radical (unpaired) electrons. The highest BCUT2D eigenvalue weighted by atomic mass is 35.5. The van der Waals surface area contributed by atoms with Crippen molar-refractivity contribution in [2.24, 2.45) is 11.8 Å². The van der Waals surface area contributed by atoms with Gasteiger partial charge in [0.2, 0.25) is 0 Å². The van der Waals surface area contributed by atoms with Gasteiger partial charge >= 0.3 is 12.4 Å². The van der Waals surface area contributed by atoms with Crippen LogP contribution in [0, 0.1) is 35.5 Å². The van der Waals surface area contributed by atoms with Crippen LogP contribution in [0.2, 0.25) is 10.0 Å². The van der Waals surface area contributed by atoms with Gasteiger partial charge in [-0.15, -0.1) is 0 Å². The summed E-state index contributed by atoms with van der Waals surface area (Å²) in [6, 6.07) is 4.08. The molecule has 0 amide bonds. The number of alkyl halides is 6. The van der Waals surface area contributed by atoms with E-state index in [1.807, 2.05) is 0 Å². The Hall–Kier alpha value is -1.93. The molecule has 33 heavy (non-hydrogen) atoms. The average Bonchev–Trinajstić information content (AvgIpc) is 3.59. The molecule has 0 aliphatic heterocycles. The molecule has 9 heteroatoms. The van der Waals surface area contributed by atoms with Crippen molar-refractivity contribution in [3.8, 4) is 23.7 Å². The van der Waals surface area contributed by atoms with Crippen molar-refractivity contribution in [1.82, 2.24) is 0 Å². The van der Waals surface area contributed by atoms with Crippen LogP contribution in [0.5, 0.6) is 0 Å². The quantitative estimate of drug-likeness (QED) is 0.283. The molecule has 0 heterocycles. The first kappa shape index (κ1) is 24.2. The topological polar surface area (TPSA) is 0 Å². The van der Waals surface area contributed by atoms with Crippen LogP contribution in [0.15, 0.2) is 34.1 Å². The van der Waals surface area contributed by atoms with E-state index >= 15 is 0 Å². The monoisotopic (exact) mass is 518 g/mol. The summed E-state index contributed by atoms with van der Waals surface area (Å²) in [6.45, 7) is 0. The average molecular weight is 519 g/mol. The number of hydrogen-bond acceptors (Lipinski definition) is 1. The Kier molecular flexibility index (Phi) is 6.62. The maximum Gasteiger partial charge on any atom is 0.417 e. The molecule has 0 unspecified atom stereocenters. The standard InChI is InChI=1S/C24H14Cl2F6S/c25-15-9-19(23(27,28)29)17(7-5-13-1-2-13)21(11-15)33-22-12-16(26)10-20(24(30,31)32)18(22)8-6-14-3-4-14/h9-14H,1-4H2. The molecule has 0 spiro atoms. The minimum Gasteiger partial charge on any atom is -0.166 e. The van der Waals surface area contributed by atoms with Gasteiger partial charge in [0.1, 0.15) is 0 Å². The molecule has 2 aliphatic rings. The zero-order valence-electron chi connectivity index (χ0n) is 16.7. The van der Waals surface area contributed by atoms with Gasteiger partial charge in [0.15, 0.2) is 0 Å². The Labute approximate surface area is 201 Å². The maximum absolute atomic E-state index is 13.7. The predicted molar refractivity (Wildman–Crippen MR) is 116 cm³/mol. The Balaban J connectivity index is 1.89. The summed E-state index contributed by atoms with van der Waals surface area (Å²) < 4.78 is 82.4. The summed E-state index contributed by atoms with van der Waals surface area (Å²) in [7, 11) is 0. The van der Waals surface area contributed by atoms with Gasteiger partial charge in [0.25, 0.3) is 0 Å². The van der Waals surface area contributed by atoms with Crippen LogP contribution in [0.3, 0.4) is 0 Å². The van der Waals surface area contributed by atoms with Crippen molar-refractivity contribution in [3.63, 3.8) is 0 Å². The zero-order valence-corrected chi connectivity index (χ0v) is 19.1. The van der Waals surface area contributed by atoms with E-state index < -0.39 is 23.5 Å². The van der Waals surface area contributed by atoms with Crippen molar-refractivity contribution in [3.05, 3.63) is 56.6 Å². The predicted octanol–water partition coefficient (Wildman–Crippen LogP) is 8.71.